The molecule has 1 aromatic carbocycles. The minimum Gasteiger partial charge on any atom is -0.669 e. The summed E-state index contributed by atoms with van der Waals surface area (Å²) in [4.78, 5) is 35.2. The normalized spacial score (nSPS) is 17.8. The number of aryl methyl sites for hydroxylation is 2. The number of hydrogen-bond donors (Lipinski definition) is 3. The van der Waals surface area contributed by atoms with Gasteiger partial charge >= 0.3 is 12.7 Å². The first-order valence-electron chi connectivity index (χ1n) is 9.86. The van der Waals surface area contributed by atoms with Gasteiger partial charge in [-0.25, -0.2) is 9.78 Å². The second kappa shape index (κ2) is 8.41. The number of fused-ring (bicyclic) bond motifs is 1. The molecule has 32 heavy (non-hydrogen) atoms. The molecule has 4 rings (SSSR count). The number of ether oxygens (including phenoxy) is 1. The van der Waals surface area contributed by atoms with Crippen molar-refractivity contribution in [1.82, 2.24) is 9.88 Å². The van der Waals surface area contributed by atoms with Crippen molar-refractivity contribution in [2.45, 2.75) is 25.8 Å². The summed E-state index contributed by atoms with van der Waals surface area (Å²) >= 11 is 1.39. The van der Waals surface area contributed by atoms with Gasteiger partial charge in [0.1, 0.15) is 30.2 Å². The molecule has 0 saturated carbocycles. The molecule has 2 aromatic rings. The predicted octanol–water partition coefficient (Wildman–Crippen LogP) is 0.648. The Balaban J connectivity index is 1.48. The molecule has 0 bridgehead atoms. The fourth-order valence-corrected chi connectivity index (χ4v) is 4.20. The van der Waals surface area contributed by atoms with E-state index in [1.54, 1.807) is 11.4 Å². The predicted molar refractivity (Wildman–Crippen MR) is 114 cm³/mol. The van der Waals surface area contributed by atoms with Gasteiger partial charge in [0, 0.05) is 5.38 Å². The molecule has 0 radical (unpaired) electrons. The number of rotatable bonds is 6. The Hall–Kier alpha value is -3.16. The summed E-state index contributed by atoms with van der Waals surface area (Å²) in [5, 5.41) is 35.7. The number of carbonyl (C=O) groups excluding carboxylic acids is 1. The van der Waals surface area contributed by atoms with Crippen molar-refractivity contribution < 1.29 is 39.0 Å². The van der Waals surface area contributed by atoms with Gasteiger partial charge in [0.05, 0.1) is 23.8 Å². The van der Waals surface area contributed by atoms with Crippen molar-refractivity contribution in [2.75, 3.05) is 20.2 Å². The topological polar surface area (TPSA) is 151 Å². The van der Waals surface area contributed by atoms with Crippen LogP contribution in [0.2, 0.25) is 6.32 Å². The maximum atomic E-state index is 12.8. The number of oxime groups is 1. The number of benzene rings is 1. The lowest BCUT2D eigenvalue weighted by molar-refractivity contribution is -0.132. The number of aromatic carboxylic acids is 1. The third kappa shape index (κ3) is 4.26. The second-order valence-electron chi connectivity index (χ2n) is 7.57. The Morgan fingerprint density at radius 2 is 2.09 bits per heavy atom. The molecule has 2 aliphatic rings. The smallest absolute Gasteiger partial charge is 0.430 e. The van der Waals surface area contributed by atoms with Gasteiger partial charge < -0.3 is 34.3 Å². The van der Waals surface area contributed by atoms with Gasteiger partial charge in [-0.05, 0) is 25.0 Å². The van der Waals surface area contributed by atoms with Crippen LogP contribution in [0.1, 0.15) is 26.6 Å². The van der Waals surface area contributed by atoms with Crippen LogP contribution in [-0.4, -0.2) is 75.7 Å². The first-order valence-corrected chi connectivity index (χ1v) is 10.7. The SMILES string of the molecule is CON=C(C(=O)N1CC(Oc2ccc3c(c2C(=O)O)O[B-](O)(O)CC3)C1)c1csc(C)n1. The Morgan fingerprint density at radius 1 is 1.34 bits per heavy atom. The number of likely N-dealkylation sites (tertiary alicyclic amines) is 1. The van der Waals surface area contributed by atoms with Crippen LogP contribution in [0.5, 0.6) is 11.5 Å². The lowest BCUT2D eigenvalue weighted by Gasteiger charge is -2.40. The Morgan fingerprint density at radius 3 is 2.72 bits per heavy atom. The highest BCUT2D eigenvalue weighted by molar-refractivity contribution is 7.09. The summed E-state index contributed by atoms with van der Waals surface area (Å²) in [7, 11) is 1.34. The quantitative estimate of drug-likeness (QED) is 0.319. The highest BCUT2D eigenvalue weighted by Gasteiger charge is 2.38. The molecule has 3 N–H and O–H groups in total. The zero-order valence-electron chi connectivity index (χ0n) is 17.3. The summed E-state index contributed by atoms with van der Waals surface area (Å²) in [6, 6.07) is 3.15. The van der Waals surface area contributed by atoms with Crippen molar-refractivity contribution in [3.8, 4) is 11.5 Å². The van der Waals surface area contributed by atoms with Crippen LogP contribution in [0.4, 0.5) is 0 Å². The molecular formula is C19H21BN3O8S-. The van der Waals surface area contributed by atoms with Crippen LogP contribution in [0.3, 0.4) is 0 Å². The van der Waals surface area contributed by atoms with Gasteiger partial charge in [-0.1, -0.05) is 17.5 Å². The summed E-state index contributed by atoms with van der Waals surface area (Å²) in [6.45, 7) is -0.899. The summed E-state index contributed by atoms with van der Waals surface area (Å²) in [5.41, 5.74) is 0.774. The first kappa shape index (κ1) is 22.1. The van der Waals surface area contributed by atoms with Crippen molar-refractivity contribution in [1.29, 1.82) is 0 Å². The summed E-state index contributed by atoms with van der Waals surface area (Å²) in [6.07, 6.45) is -0.208. The highest BCUT2D eigenvalue weighted by atomic mass is 32.1. The number of hydrogen-bond acceptors (Lipinski definition) is 10. The largest absolute Gasteiger partial charge is 0.669 e. The molecule has 0 aliphatic carbocycles. The van der Waals surface area contributed by atoms with Crippen LogP contribution in [-0.2, 0) is 16.1 Å². The lowest BCUT2D eigenvalue weighted by atomic mass is 9.70. The van der Waals surface area contributed by atoms with Gasteiger partial charge in [0.15, 0.2) is 5.71 Å². The number of carboxylic acid groups (broad SMARTS) is 1. The van der Waals surface area contributed by atoms with E-state index in [0.29, 0.717) is 11.3 Å². The maximum Gasteiger partial charge on any atom is 0.430 e. The van der Waals surface area contributed by atoms with Crippen LogP contribution in [0.15, 0.2) is 22.7 Å². The first-order chi connectivity index (χ1) is 15.2. The average Bonchev–Trinajstić information content (AvgIpc) is 3.12. The standard InChI is InChI=1S/C19H21BN3O8S/c1-10-21-13(9-32-10)16(22-29-2)18(24)23-7-12(8-23)30-14-4-3-11-5-6-20(27,28)31-17(11)15(14)19(25)26/h3-4,9,12,27-28H,5-8H2,1-2H3,(H,25,26)/q-1. The zero-order chi connectivity index (χ0) is 23.0. The van der Waals surface area contributed by atoms with Crippen molar-refractivity contribution >= 4 is 35.7 Å². The molecule has 170 valence electrons. The van der Waals surface area contributed by atoms with Crippen LogP contribution < -0.4 is 9.39 Å². The minimum atomic E-state index is -3.12. The average molecular weight is 462 g/mol. The van der Waals surface area contributed by atoms with E-state index in [9.17, 15) is 24.7 Å². The molecule has 0 spiro atoms. The van der Waals surface area contributed by atoms with E-state index in [1.165, 1.54) is 29.4 Å². The summed E-state index contributed by atoms with van der Waals surface area (Å²) < 4.78 is 11.0. The van der Waals surface area contributed by atoms with Gasteiger partial charge in [0.25, 0.3) is 5.91 Å². The Labute approximate surface area is 186 Å². The van der Waals surface area contributed by atoms with Crippen LogP contribution in [0.25, 0.3) is 0 Å². The molecular weight excluding hydrogens is 441 g/mol. The molecule has 1 saturated heterocycles. The molecule has 13 heteroatoms. The lowest BCUT2D eigenvalue weighted by Crippen LogP contribution is -2.58. The maximum absolute atomic E-state index is 12.8. The molecule has 1 amide bonds. The zero-order valence-corrected chi connectivity index (χ0v) is 18.2. The number of carboxylic acids is 1. The number of nitrogens with zero attached hydrogens (tertiary/aromatic N) is 3. The fraction of sp³-hybridized carbons (Fsp3) is 0.368. The number of thiazole rings is 1. The number of amides is 1. The van der Waals surface area contributed by atoms with Gasteiger partial charge in [-0.2, -0.15) is 0 Å². The molecule has 3 heterocycles. The van der Waals surface area contributed by atoms with E-state index in [0.717, 1.165) is 5.01 Å². The number of carbonyl (C=O) groups is 2. The Bertz CT molecular complexity index is 1100. The van der Waals surface area contributed by atoms with Crippen LogP contribution in [0, 0.1) is 6.92 Å². The van der Waals surface area contributed by atoms with E-state index in [-0.39, 0.29) is 54.5 Å². The molecule has 1 fully saturated rings. The second-order valence-corrected chi connectivity index (χ2v) is 8.63. The van der Waals surface area contributed by atoms with Gasteiger partial charge in [-0.3, -0.25) is 4.79 Å². The molecule has 1 aromatic heterocycles. The Kier molecular flexibility index (Phi) is 5.80. The highest BCUT2D eigenvalue weighted by Crippen LogP contribution is 2.39. The van der Waals surface area contributed by atoms with E-state index in [4.69, 9.17) is 14.2 Å². The van der Waals surface area contributed by atoms with Gasteiger partial charge in [0.2, 0.25) is 0 Å². The molecule has 2 aliphatic heterocycles. The van der Waals surface area contributed by atoms with E-state index >= 15 is 0 Å². The summed E-state index contributed by atoms with van der Waals surface area (Å²) in [5.74, 6) is -1.77. The van der Waals surface area contributed by atoms with Crippen LogP contribution >= 0.6 is 11.3 Å². The fourth-order valence-electron chi connectivity index (χ4n) is 3.60. The van der Waals surface area contributed by atoms with Crippen molar-refractivity contribution in [3.05, 3.63) is 39.3 Å². The van der Waals surface area contributed by atoms with Gasteiger partial charge in [-0.15, -0.1) is 11.3 Å². The monoisotopic (exact) mass is 462 g/mol. The van der Waals surface area contributed by atoms with Crippen molar-refractivity contribution in [2.24, 2.45) is 5.16 Å². The molecule has 0 unspecified atom stereocenters. The third-order valence-electron chi connectivity index (χ3n) is 5.19. The molecule has 11 nitrogen and oxygen atoms in total. The van der Waals surface area contributed by atoms with E-state index in [1.807, 2.05) is 6.92 Å². The van der Waals surface area contributed by atoms with E-state index in [2.05, 4.69) is 10.1 Å². The van der Waals surface area contributed by atoms with E-state index < -0.39 is 18.8 Å². The van der Waals surface area contributed by atoms with Crippen molar-refractivity contribution in [3.63, 3.8) is 0 Å². The minimum absolute atomic E-state index is 0.0180. The third-order valence-corrected chi connectivity index (χ3v) is 5.96. The number of aromatic nitrogens is 1. The molecule has 0 atom stereocenters.